The molecule has 18 heavy (non-hydrogen) atoms. The summed E-state index contributed by atoms with van der Waals surface area (Å²) < 4.78 is 0. The van der Waals surface area contributed by atoms with Gasteiger partial charge in [-0.3, -0.25) is 0 Å². The highest BCUT2D eigenvalue weighted by molar-refractivity contribution is 7.15. The average Bonchev–Trinajstić information content (AvgIpc) is 3.00. The Hall–Kier alpha value is -0.610. The van der Waals surface area contributed by atoms with Gasteiger partial charge in [-0.1, -0.05) is 24.2 Å². The van der Waals surface area contributed by atoms with E-state index in [0.29, 0.717) is 5.41 Å². The number of piperidine rings is 1. The number of aliphatic hydroxyl groups is 1. The summed E-state index contributed by atoms with van der Waals surface area (Å²) in [6, 6.07) is 0. The highest BCUT2D eigenvalue weighted by Gasteiger charge is 2.37. The lowest BCUT2D eigenvalue weighted by Gasteiger charge is -2.39. The molecule has 1 aliphatic heterocycles. The van der Waals surface area contributed by atoms with Crippen molar-refractivity contribution in [2.75, 3.05) is 18.0 Å². The van der Waals surface area contributed by atoms with E-state index in [2.05, 4.69) is 9.88 Å². The molecule has 1 saturated heterocycles. The smallest absolute Gasteiger partial charge is 0.185 e. The number of aromatic nitrogens is 1. The highest BCUT2D eigenvalue weighted by atomic mass is 32.1. The first kappa shape index (κ1) is 12.4. The van der Waals surface area contributed by atoms with Crippen molar-refractivity contribution in [2.45, 2.75) is 51.6 Å². The summed E-state index contributed by atoms with van der Waals surface area (Å²) in [6.45, 7) is 4.10. The number of nitrogens with zero attached hydrogens (tertiary/aromatic N) is 2. The minimum absolute atomic E-state index is 0.387. The second-order valence-corrected chi connectivity index (χ2v) is 6.96. The van der Waals surface area contributed by atoms with Crippen molar-refractivity contribution in [1.29, 1.82) is 0 Å². The summed E-state index contributed by atoms with van der Waals surface area (Å²) in [6.07, 6.45) is 9.85. The SMILES string of the molecule is CC(O)c1cnc(N2CCC3(CCCC3)CC2)s1. The zero-order valence-corrected chi connectivity index (χ0v) is 11.9. The zero-order valence-electron chi connectivity index (χ0n) is 11.1. The Labute approximate surface area is 113 Å². The van der Waals surface area contributed by atoms with E-state index in [9.17, 15) is 5.11 Å². The Kier molecular flexibility index (Phi) is 3.32. The minimum Gasteiger partial charge on any atom is -0.388 e. The molecule has 1 aliphatic carbocycles. The molecule has 1 N–H and O–H groups in total. The molecule has 3 rings (SSSR count). The monoisotopic (exact) mass is 266 g/mol. The Morgan fingerprint density at radius 2 is 1.94 bits per heavy atom. The van der Waals surface area contributed by atoms with Crippen LogP contribution in [0.25, 0.3) is 0 Å². The van der Waals surface area contributed by atoms with E-state index < -0.39 is 0 Å². The van der Waals surface area contributed by atoms with Crippen LogP contribution in [0.5, 0.6) is 0 Å². The van der Waals surface area contributed by atoms with Crippen molar-refractivity contribution >= 4 is 16.5 Å². The van der Waals surface area contributed by atoms with Crippen LogP contribution in [-0.2, 0) is 0 Å². The van der Waals surface area contributed by atoms with Crippen molar-refractivity contribution in [3.05, 3.63) is 11.1 Å². The molecule has 4 heteroatoms. The van der Waals surface area contributed by atoms with Crippen molar-refractivity contribution < 1.29 is 5.11 Å². The minimum atomic E-state index is -0.387. The van der Waals surface area contributed by atoms with E-state index in [1.165, 1.54) is 38.5 Å². The molecule has 0 bridgehead atoms. The van der Waals surface area contributed by atoms with Crippen LogP contribution in [0.2, 0.25) is 0 Å². The topological polar surface area (TPSA) is 36.4 Å². The first-order valence-corrected chi connectivity index (χ1v) is 7.89. The van der Waals surface area contributed by atoms with E-state index >= 15 is 0 Å². The predicted molar refractivity (Wildman–Crippen MR) is 75.1 cm³/mol. The zero-order chi connectivity index (χ0) is 12.6. The lowest BCUT2D eigenvalue weighted by molar-refractivity contribution is 0.203. The van der Waals surface area contributed by atoms with Gasteiger partial charge in [-0.25, -0.2) is 4.98 Å². The normalized spacial score (nSPS) is 24.7. The molecule has 0 radical (unpaired) electrons. The van der Waals surface area contributed by atoms with E-state index in [1.54, 1.807) is 18.3 Å². The van der Waals surface area contributed by atoms with Gasteiger partial charge in [0.2, 0.25) is 0 Å². The number of rotatable bonds is 2. The molecule has 0 amide bonds. The maximum absolute atomic E-state index is 9.55. The molecular weight excluding hydrogens is 244 g/mol. The molecule has 1 aromatic heterocycles. The van der Waals surface area contributed by atoms with Crippen LogP contribution in [0.3, 0.4) is 0 Å². The molecule has 2 fully saturated rings. The van der Waals surface area contributed by atoms with Gasteiger partial charge in [0.25, 0.3) is 0 Å². The molecule has 1 aromatic rings. The lowest BCUT2D eigenvalue weighted by atomic mass is 9.77. The fourth-order valence-electron chi connectivity index (χ4n) is 3.41. The van der Waals surface area contributed by atoms with Crippen LogP contribution in [0, 0.1) is 5.41 Å². The number of aliphatic hydroxyl groups excluding tert-OH is 1. The summed E-state index contributed by atoms with van der Waals surface area (Å²) in [5.74, 6) is 0. The fraction of sp³-hybridized carbons (Fsp3) is 0.786. The van der Waals surface area contributed by atoms with Gasteiger partial charge in [0.05, 0.1) is 11.0 Å². The van der Waals surface area contributed by atoms with Crippen molar-refractivity contribution in [3.8, 4) is 0 Å². The van der Waals surface area contributed by atoms with E-state index in [4.69, 9.17) is 0 Å². The van der Waals surface area contributed by atoms with Crippen LogP contribution < -0.4 is 4.90 Å². The van der Waals surface area contributed by atoms with E-state index in [-0.39, 0.29) is 6.10 Å². The van der Waals surface area contributed by atoms with Crippen LogP contribution in [0.1, 0.15) is 56.4 Å². The Bertz CT molecular complexity index is 400. The third-order valence-electron chi connectivity index (χ3n) is 4.68. The van der Waals surface area contributed by atoms with Gasteiger partial charge in [-0.2, -0.15) is 0 Å². The van der Waals surface area contributed by atoms with Crippen LogP contribution in [-0.4, -0.2) is 23.2 Å². The van der Waals surface area contributed by atoms with Gasteiger partial charge >= 0.3 is 0 Å². The third-order valence-corrected chi connectivity index (χ3v) is 5.91. The Morgan fingerprint density at radius 3 is 2.50 bits per heavy atom. The van der Waals surface area contributed by atoms with Gasteiger partial charge in [0.15, 0.2) is 5.13 Å². The maximum atomic E-state index is 9.55. The Balaban J connectivity index is 1.64. The second kappa shape index (κ2) is 4.82. The van der Waals surface area contributed by atoms with Crippen LogP contribution >= 0.6 is 11.3 Å². The molecule has 1 atom stereocenters. The van der Waals surface area contributed by atoms with Crippen LogP contribution in [0.4, 0.5) is 5.13 Å². The van der Waals surface area contributed by atoms with Crippen molar-refractivity contribution in [2.24, 2.45) is 5.41 Å². The lowest BCUT2D eigenvalue weighted by Crippen LogP contribution is -2.38. The molecule has 1 saturated carbocycles. The number of hydrogen-bond acceptors (Lipinski definition) is 4. The summed E-state index contributed by atoms with van der Waals surface area (Å²) in [5, 5.41) is 10.7. The van der Waals surface area contributed by atoms with Gasteiger partial charge in [-0.15, -0.1) is 0 Å². The molecule has 3 nitrogen and oxygen atoms in total. The Morgan fingerprint density at radius 1 is 1.28 bits per heavy atom. The van der Waals surface area contributed by atoms with Gasteiger partial charge < -0.3 is 10.0 Å². The molecule has 1 spiro atoms. The standard InChI is InChI=1S/C14H22N2OS/c1-11(17)12-10-15-13(18-12)16-8-6-14(7-9-16)4-2-3-5-14/h10-11,17H,2-9H2,1H3. The molecule has 2 aliphatic rings. The quantitative estimate of drug-likeness (QED) is 0.891. The first-order valence-electron chi connectivity index (χ1n) is 7.07. The molecule has 0 aromatic carbocycles. The first-order chi connectivity index (χ1) is 8.69. The highest BCUT2D eigenvalue weighted by Crippen LogP contribution is 2.46. The maximum Gasteiger partial charge on any atom is 0.185 e. The summed E-state index contributed by atoms with van der Waals surface area (Å²) in [4.78, 5) is 7.84. The van der Waals surface area contributed by atoms with Crippen LogP contribution in [0.15, 0.2) is 6.20 Å². The molecular formula is C14H22N2OS. The average molecular weight is 266 g/mol. The molecule has 1 unspecified atom stereocenters. The van der Waals surface area contributed by atoms with Gasteiger partial charge in [0.1, 0.15) is 0 Å². The second-order valence-electron chi connectivity index (χ2n) is 5.92. The molecule has 2 heterocycles. The number of hydrogen-bond donors (Lipinski definition) is 1. The fourth-order valence-corrected chi connectivity index (χ4v) is 4.32. The molecule has 100 valence electrons. The van der Waals surface area contributed by atoms with Gasteiger partial charge in [0, 0.05) is 19.3 Å². The number of thiazole rings is 1. The van der Waals surface area contributed by atoms with Crippen molar-refractivity contribution in [3.63, 3.8) is 0 Å². The predicted octanol–water partition coefficient (Wildman–Crippen LogP) is 3.36. The van der Waals surface area contributed by atoms with E-state index in [0.717, 1.165) is 23.1 Å². The summed E-state index contributed by atoms with van der Waals surface area (Å²) in [5.41, 5.74) is 0.668. The van der Waals surface area contributed by atoms with Crippen molar-refractivity contribution in [1.82, 2.24) is 4.98 Å². The number of anilines is 1. The van der Waals surface area contributed by atoms with Gasteiger partial charge in [-0.05, 0) is 38.0 Å². The third kappa shape index (κ3) is 2.28. The summed E-state index contributed by atoms with van der Waals surface area (Å²) in [7, 11) is 0. The largest absolute Gasteiger partial charge is 0.388 e. The van der Waals surface area contributed by atoms with E-state index in [1.807, 2.05) is 6.20 Å². The summed E-state index contributed by atoms with van der Waals surface area (Å²) >= 11 is 1.64.